The molecule has 4 aromatic carbocycles. The Morgan fingerprint density at radius 3 is 0.974 bits per heavy atom. The van der Waals surface area contributed by atoms with E-state index in [1.165, 1.54) is 14.1 Å². The van der Waals surface area contributed by atoms with E-state index in [0.29, 0.717) is 16.7 Å². The molecule has 0 unspecified atom stereocenters. The highest BCUT2D eigenvalue weighted by molar-refractivity contribution is 7.29. The normalized spacial score (nSPS) is 11.0. The van der Waals surface area contributed by atoms with Gasteiger partial charge in [0.2, 0.25) is 0 Å². The fraction of sp³-hybridized carbons (Fsp3) is 0. The van der Waals surface area contributed by atoms with E-state index in [2.05, 4.69) is 36.4 Å². The van der Waals surface area contributed by atoms with Gasteiger partial charge in [0.1, 0.15) is 0 Å². The molecule has 0 aliphatic heterocycles. The van der Waals surface area contributed by atoms with Crippen molar-refractivity contribution in [3.05, 3.63) is 108 Å². The maximum Gasteiger partial charge on any atom is 0.0998 e. The van der Waals surface area contributed by atoms with Crippen molar-refractivity contribution in [1.29, 1.82) is 15.8 Å². The molecule has 0 radical (unpaired) electrons. The molecule has 0 fully saturated rings. The summed E-state index contributed by atoms with van der Waals surface area (Å²) in [7, 11) is 0. The lowest BCUT2D eigenvalue weighted by Crippen LogP contribution is -1.79. The monoisotopic (exact) mass is 549 g/mol. The quantitative estimate of drug-likeness (QED) is 0.220. The van der Waals surface area contributed by atoms with Gasteiger partial charge in [0.05, 0.1) is 34.9 Å². The van der Waals surface area contributed by atoms with Crippen LogP contribution >= 0.6 is 34.0 Å². The third kappa shape index (κ3) is 3.65. The van der Waals surface area contributed by atoms with E-state index >= 15 is 0 Å². The molecule has 3 nitrogen and oxygen atoms in total. The predicted molar refractivity (Wildman–Crippen MR) is 163 cm³/mol. The van der Waals surface area contributed by atoms with Crippen molar-refractivity contribution in [3.63, 3.8) is 0 Å². The van der Waals surface area contributed by atoms with Crippen molar-refractivity contribution < 1.29 is 0 Å². The standard InChI is InChI=1S/C33H15N3S3/c34-16-19-7-1-4-10-22(19)28-13-25-31(37-28)26-14-29(23-11-5-2-8-20(23)17-35)39-33(26)27-15-30(38-32(25)27)24-12-6-3-9-21(24)18-36/h1-15H. The molecule has 0 spiro atoms. The number of thiophene rings is 3. The topological polar surface area (TPSA) is 71.4 Å². The minimum absolute atomic E-state index is 0.653. The lowest BCUT2D eigenvalue weighted by molar-refractivity contribution is 1.49. The molecule has 0 amide bonds. The molecule has 0 bridgehead atoms. The van der Waals surface area contributed by atoms with Crippen molar-refractivity contribution in [3.8, 4) is 49.5 Å². The first kappa shape index (κ1) is 23.4. The molecule has 0 saturated heterocycles. The van der Waals surface area contributed by atoms with Crippen LogP contribution in [0, 0.1) is 34.0 Å². The number of fused-ring (bicyclic) bond motifs is 6. The highest BCUT2D eigenvalue weighted by Crippen LogP contribution is 2.51. The summed E-state index contributed by atoms with van der Waals surface area (Å²) in [6.45, 7) is 0. The minimum Gasteiger partial charge on any atom is -0.192 e. The number of rotatable bonds is 3. The smallest absolute Gasteiger partial charge is 0.0998 e. The SMILES string of the molecule is N#Cc1ccccc1-c1cc2c(s1)c1cc(-c3ccccc3C#N)sc1c1cc(-c3ccccc3C#N)sc21. The Labute approximate surface area is 236 Å². The first-order valence-electron chi connectivity index (χ1n) is 12.1. The van der Waals surface area contributed by atoms with Crippen molar-refractivity contribution >= 4 is 64.3 Å². The first-order chi connectivity index (χ1) is 19.2. The number of benzene rings is 4. The summed E-state index contributed by atoms with van der Waals surface area (Å²) in [5, 5.41) is 32.7. The lowest BCUT2D eigenvalue weighted by Gasteiger charge is -1.99. The van der Waals surface area contributed by atoms with Crippen LogP contribution in [0.4, 0.5) is 0 Å². The maximum absolute atomic E-state index is 9.76. The Morgan fingerprint density at radius 1 is 0.410 bits per heavy atom. The van der Waals surface area contributed by atoms with Gasteiger partial charge in [-0.3, -0.25) is 0 Å². The molecule has 6 heteroatoms. The van der Waals surface area contributed by atoms with Crippen LogP contribution in [-0.2, 0) is 0 Å². The van der Waals surface area contributed by atoms with Crippen LogP contribution < -0.4 is 0 Å². The van der Waals surface area contributed by atoms with Gasteiger partial charge in [-0.1, -0.05) is 54.6 Å². The van der Waals surface area contributed by atoms with Gasteiger partial charge in [-0.25, -0.2) is 0 Å². The third-order valence-corrected chi connectivity index (χ3v) is 10.5. The molecular weight excluding hydrogens is 535 g/mol. The third-order valence-electron chi connectivity index (χ3n) is 6.87. The molecule has 180 valence electrons. The number of hydrogen-bond donors (Lipinski definition) is 0. The second-order valence-electron chi connectivity index (χ2n) is 9.03. The van der Waals surface area contributed by atoms with Gasteiger partial charge in [-0.05, 0) is 36.4 Å². The molecule has 7 rings (SSSR count). The van der Waals surface area contributed by atoms with Crippen LogP contribution in [0.3, 0.4) is 0 Å². The van der Waals surface area contributed by atoms with E-state index in [4.69, 9.17) is 0 Å². The van der Waals surface area contributed by atoms with Crippen LogP contribution in [0.5, 0.6) is 0 Å². The Morgan fingerprint density at radius 2 is 0.692 bits per heavy atom. The molecule has 0 aliphatic rings. The Kier molecular flexibility index (Phi) is 5.51. The summed E-state index contributed by atoms with van der Waals surface area (Å²) in [5.74, 6) is 0. The number of nitriles is 3. The van der Waals surface area contributed by atoms with Crippen LogP contribution in [-0.4, -0.2) is 0 Å². The van der Waals surface area contributed by atoms with E-state index in [1.54, 1.807) is 34.0 Å². The summed E-state index contributed by atoms with van der Waals surface area (Å²) in [6.07, 6.45) is 0. The number of hydrogen-bond acceptors (Lipinski definition) is 6. The van der Waals surface area contributed by atoms with E-state index < -0.39 is 0 Å². The second-order valence-corrected chi connectivity index (χ2v) is 12.2. The molecule has 0 atom stereocenters. The molecule has 7 aromatic rings. The van der Waals surface area contributed by atoms with Crippen molar-refractivity contribution in [1.82, 2.24) is 0 Å². The summed E-state index contributed by atoms with van der Waals surface area (Å²) in [5.41, 5.74) is 4.75. The van der Waals surface area contributed by atoms with Crippen LogP contribution in [0.15, 0.2) is 91.0 Å². The van der Waals surface area contributed by atoms with Crippen molar-refractivity contribution in [2.24, 2.45) is 0 Å². The zero-order valence-corrected chi connectivity index (χ0v) is 22.7. The van der Waals surface area contributed by atoms with Crippen LogP contribution in [0.25, 0.3) is 61.6 Å². The molecular formula is C33H15N3S3. The molecule has 0 saturated carbocycles. The average molecular weight is 550 g/mol. The highest BCUT2D eigenvalue weighted by Gasteiger charge is 2.21. The van der Waals surface area contributed by atoms with Crippen LogP contribution in [0.2, 0.25) is 0 Å². The van der Waals surface area contributed by atoms with Gasteiger partial charge in [0.25, 0.3) is 0 Å². The van der Waals surface area contributed by atoms with Crippen molar-refractivity contribution in [2.75, 3.05) is 0 Å². The second kappa shape index (κ2) is 9.21. The molecule has 0 aliphatic carbocycles. The average Bonchev–Trinajstić information content (AvgIpc) is 3.73. The Hall–Kier alpha value is -4.77. The molecule has 0 N–H and O–H groups in total. The highest BCUT2D eigenvalue weighted by atomic mass is 32.1. The largest absolute Gasteiger partial charge is 0.192 e. The van der Waals surface area contributed by atoms with Crippen LogP contribution in [0.1, 0.15) is 16.7 Å². The fourth-order valence-electron chi connectivity index (χ4n) is 5.06. The fourth-order valence-corrected chi connectivity index (χ4v) is 8.94. The van der Waals surface area contributed by atoms with Gasteiger partial charge in [-0.2, -0.15) is 15.8 Å². The summed E-state index contributed by atoms with van der Waals surface area (Å²) in [6, 6.07) is 36.8. The summed E-state index contributed by atoms with van der Waals surface area (Å²) < 4.78 is 3.50. The van der Waals surface area contributed by atoms with Crippen molar-refractivity contribution in [2.45, 2.75) is 0 Å². The Balaban J connectivity index is 1.59. The van der Waals surface area contributed by atoms with E-state index in [-0.39, 0.29) is 0 Å². The minimum atomic E-state index is 0.653. The Bertz CT molecular complexity index is 1880. The molecule has 3 heterocycles. The van der Waals surface area contributed by atoms with Gasteiger partial charge in [-0.15, -0.1) is 34.0 Å². The van der Waals surface area contributed by atoms with Gasteiger partial charge >= 0.3 is 0 Å². The van der Waals surface area contributed by atoms with Gasteiger partial charge < -0.3 is 0 Å². The summed E-state index contributed by atoms with van der Waals surface area (Å²) >= 11 is 5.10. The van der Waals surface area contributed by atoms with E-state index in [9.17, 15) is 15.8 Å². The number of nitrogens with zero attached hydrogens (tertiary/aromatic N) is 3. The zero-order valence-electron chi connectivity index (χ0n) is 20.2. The van der Waals surface area contributed by atoms with Gasteiger partial charge in [0, 0.05) is 61.6 Å². The predicted octanol–water partition coefficient (Wildman–Crippen LogP) is 9.95. The first-order valence-corrected chi connectivity index (χ1v) is 14.6. The molecule has 3 aromatic heterocycles. The maximum atomic E-state index is 9.76. The lowest BCUT2D eigenvalue weighted by atomic mass is 10.0. The molecule has 39 heavy (non-hydrogen) atoms. The van der Waals surface area contributed by atoms with E-state index in [1.807, 2.05) is 72.8 Å². The van der Waals surface area contributed by atoms with Gasteiger partial charge in [0.15, 0.2) is 0 Å². The van der Waals surface area contributed by atoms with E-state index in [0.717, 1.165) is 47.5 Å². The summed E-state index contributed by atoms with van der Waals surface area (Å²) in [4.78, 5) is 3.15. The zero-order chi connectivity index (χ0) is 26.5.